The Morgan fingerprint density at radius 3 is 2.17 bits per heavy atom. The Labute approximate surface area is 73.0 Å². The van der Waals surface area contributed by atoms with Crippen LogP contribution < -0.4 is 0 Å². The monoisotopic (exact) mass is 169 g/mol. The molecular formula is C9H15NO2. The van der Waals surface area contributed by atoms with Crippen LogP contribution in [0.1, 0.15) is 12.8 Å². The third kappa shape index (κ3) is 3.81. The van der Waals surface area contributed by atoms with Crippen LogP contribution in [0, 0.1) is 0 Å². The summed E-state index contributed by atoms with van der Waals surface area (Å²) in [5.41, 5.74) is 1.15. The number of carboxylic acid groups (broad SMARTS) is 1. The second kappa shape index (κ2) is 4.59. The topological polar surface area (TPSA) is 40.5 Å². The maximum absolute atomic E-state index is 10.3. The van der Waals surface area contributed by atoms with Gasteiger partial charge in [-0.3, -0.25) is 0 Å². The second-order valence-electron chi connectivity index (χ2n) is 2.87. The lowest BCUT2D eigenvalue weighted by atomic mass is 10.1. The van der Waals surface area contributed by atoms with E-state index in [4.69, 9.17) is 5.11 Å². The molecule has 0 fully saturated rings. The van der Waals surface area contributed by atoms with Gasteiger partial charge in [0.15, 0.2) is 0 Å². The maximum atomic E-state index is 10.3. The fraction of sp³-hybridized carbons (Fsp3) is 0.444. The molecule has 1 N–H and O–H groups in total. The molecule has 0 aromatic heterocycles. The summed E-state index contributed by atoms with van der Waals surface area (Å²) in [7, 11) is 3.76. The quantitative estimate of drug-likeness (QED) is 0.634. The van der Waals surface area contributed by atoms with Crippen LogP contribution in [0.4, 0.5) is 0 Å². The summed E-state index contributed by atoms with van der Waals surface area (Å²) < 4.78 is 0. The second-order valence-corrected chi connectivity index (χ2v) is 2.87. The normalized spacial score (nSPS) is 9.17. The standard InChI is InChI=1S/C9H15NO2/c1-7(9(11)12)5-6-8(2)10(3)4/h1-2,5-6H2,3-4H3,(H,11,12). The molecule has 68 valence electrons. The lowest BCUT2D eigenvalue weighted by Gasteiger charge is -2.14. The van der Waals surface area contributed by atoms with Gasteiger partial charge < -0.3 is 10.0 Å². The highest BCUT2D eigenvalue weighted by molar-refractivity contribution is 5.85. The van der Waals surface area contributed by atoms with E-state index in [1.54, 1.807) is 0 Å². The highest BCUT2D eigenvalue weighted by Gasteiger charge is 2.04. The number of aliphatic carboxylic acids is 1. The molecule has 0 aromatic carbocycles. The van der Waals surface area contributed by atoms with Gasteiger partial charge in [0, 0.05) is 25.4 Å². The number of allylic oxidation sites excluding steroid dienone is 1. The molecule has 3 heteroatoms. The fourth-order valence-corrected chi connectivity index (χ4v) is 0.626. The molecule has 0 aliphatic rings. The molecule has 12 heavy (non-hydrogen) atoms. The van der Waals surface area contributed by atoms with Gasteiger partial charge in [-0.1, -0.05) is 13.2 Å². The van der Waals surface area contributed by atoms with E-state index in [1.165, 1.54) is 0 Å². The van der Waals surface area contributed by atoms with E-state index in [0.717, 1.165) is 5.70 Å². The van der Waals surface area contributed by atoms with Crippen molar-refractivity contribution in [3.63, 3.8) is 0 Å². The Kier molecular flexibility index (Phi) is 4.11. The molecule has 0 rings (SSSR count). The summed E-state index contributed by atoms with van der Waals surface area (Å²) in [5.74, 6) is -0.929. The summed E-state index contributed by atoms with van der Waals surface area (Å²) in [5, 5.41) is 8.49. The third-order valence-corrected chi connectivity index (χ3v) is 1.65. The Bertz CT molecular complexity index is 207. The predicted molar refractivity (Wildman–Crippen MR) is 48.8 cm³/mol. The molecule has 0 aromatic rings. The highest BCUT2D eigenvalue weighted by atomic mass is 16.4. The first-order chi connectivity index (χ1) is 5.45. The molecule has 0 radical (unpaired) electrons. The van der Waals surface area contributed by atoms with Gasteiger partial charge in [0.2, 0.25) is 0 Å². The molecule has 0 aliphatic carbocycles. The minimum absolute atomic E-state index is 0.234. The third-order valence-electron chi connectivity index (χ3n) is 1.65. The maximum Gasteiger partial charge on any atom is 0.330 e. The number of hydrogen-bond donors (Lipinski definition) is 1. The Morgan fingerprint density at radius 2 is 1.83 bits per heavy atom. The van der Waals surface area contributed by atoms with Gasteiger partial charge in [0.1, 0.15) is 0 Å². The molecule has 3 nitrogen and oxygen atoms in total. The average Bonchev–Trinajstić information content (AvgIpc) is 1.98. The first-order valence-corrected chi connectivity index (χ1v) is 3.71. The molecular weight excluding hydrogens is 154 g/mol. The molecule has 0 saturated heterocycles. The fourth-order valence-electron chi connectivity index (χ4n) is 0.626. The van der Waals surface area contributed by atoms with Crippen LogP contribution in [0.5, 0.6) is 0 Å². The largest absolute Gasteiger partial charge is 0.478 e. The number of carboxylic acids is 1. The SMILES string of the molecule is C=C(CCC(=C)N(C)C)C(=O)O. The van der Waals surface area contributed by atoms with E-state index >= 15 is 0 Å². The summed E-state index contributed by atoms with van der Waals surface area (Å²) in [6.45, 7) is 7.20. The van der Waals surface area contributed by atoms with Crippen molar-refractivity contribution in [3.8, 4) is 0 Å². The van der Waals surface area contributed by atoms with Gasteiger partial charge in [0.25, 0.3) is 0 Å². The molecule has 0 aliphatic heterocycles. The van der Waals surface area contributed by atoms with Crippen LogP contribution in [-0.4, -0.2) is 30.1 Å². The van der Waals surface area contributed by atoms with Crippen molar-refractivity contribution in [3.05, 3.63) is 24.4 Å². The van der Waals surface area contributed by atoms with Crippen molar-refractivity contribution in [1.82, 2.24) is 4.90 Å². The Hall–Kier alpha value is -1.25. The van der Waals surface area contributed by atoms with Gasteiger partial charge in [-0.2, -0.15) is 0 Å². The van der Waals surface area contributed by atoms with E-state index < -0.39 is 5.97 Å². The zero-order valence-electron chi connectivity index (χ0n) is 7.63. The van der Waals surface area contributed by atoms with Gasteiger partial charge in [-0.15, -0.1) is 0 Å². The van der Waals surface area contributed by atoms with E-state index in [1.807, 2.05) is 19.0 Å². The van der Waals surface area contributed by atoms with Crippen molar-refractivity contribution >= 4 is 5.97 Å². The molecule has 0 amide bonds. The number of carbonyl (C=O) groups is 1. The number of nitrogens with zero attached hydrogens (tertiary/aromatic N) is 1. The lowest BCUT2D eigenvalue weighted by Crippen LogP contribution is -2.10. The lowest BCUT2D eigenvalue weighted by molar-refractivity contribution is -0.132. The van der Waals surface area contributed by atoms with Crippen LogP contribution in [-0.2, 0) is 4.79 Å². The first kappa shape index (κ1) is 10.8. The summed E-state index contributed by atoms with van der Waals surface area (Å²) >= 11 is 0. The summed E-state index contributed by atoms with van der Waals surface area (Å²) in [6, 6.07) is 0. The van der Waals surface area contributed by atoms with Gasteiger partial charge >= 0.3 is 5.97 Å². The van der Waals surface area contributed by atoms with Crippen molar-refractivity contribution in [2.24, 2.45) is 0 Å². The molecule has 0 unspecified atom stereocenters. The minimum Gasteiger partial charge on any atom is -0.478 e. The Morgan fingerprint density at radius 1 is 1.33 bits per heavy atom. The van der Waals surface area contributed by atoms with Crippen molar-refractivity contribution in [1.29, 1.82) is 0 Å². The van der Waals surface area contributed by atoms with Crippen LogP contribution in [0.2, 0.25) is 0 Å². The van der Waals surface area contributed by atoms with Crippen LogP contribution >= 0.6 is 0 Å². The molecule has 0 heterocycles. The van der Waals surface area contributed by atoms with Crippen molar-refractivity contribution < 1.29 is 9.90 Å². The zero-order chi connectivity index (χ0) is 9.72. The van der Waals surface area contributed by atoms with E-state index in [0.29, 0.717) is 12.8 Å². The van der Waals surface area contributed by atoms with Gasteiger partial charge in [-0.25, -0.2) is 4.79 Å². The molecule has 0 bridgehead atoms. The number of rotatable bonds is 5. The molecule has 0 saturated carbocycles. The molecule has 0 atom stereocenters. The summed E-state index contributed by atoms with van der Waals surface area (Å²) in [4.78, 5) is 12.2. The zero-order valence-corrected chi connectivity index (χ0v) is 7.63. The summed E-state index contributed by atoms with van der Waals surface area (Å²) in [6.07, 6.45) is 1.12. The van der Waals surface area contributed by atoms with Crippen LogP contribution in [0.3, 0.4) is 0 Å². The Balaban J connectivity index is 3.77. The number of hydrogen-bond acceptors (Lipinski definition) is 2. The highest BCUT2D eigenvalue weighted by Crippen LogP contribution is 2.10. The van der Waals surface area contributed by atoms with Crippen molar-refractivity contribution in [2.75, 3.05) is 14.1 Å². The van der Waals surface area contributed by atoms with E-state index in [9.17, 15) is 4.79 Å². The van der Waals surface area contributed by atoms with Gasteiger partial charge in [0.05, 0.1) is 0 Å². The van der Waals surface area contributed by atoms with E-state index in [2.05, 4.69) is 13.2 Å². The predicted octanol–water partition coefficient (Wildman–Crippen LogP) is 1.48. The van der Waals surface area contributed by atoms with Gasteiger partial charge in [-0.05, 0) is 12.8 Å². The van der Waals surface area contributed by atoms with Crippen LogP contribution in [0.15, 0.2) is 24.4 Å². The van der Waals surface area contributed by atoms with Crippen LogP contribution in [0.25, 0.3) is 0 Å². The molecule has 0 spiro atoms. The average molecular weight is 169 g/mol. The van der Waals surface area contributed by atoms with Crippen molar-refractivity contribution in [2.45, 2.75) is 12.8 Å². The smallest absolute Gasteiger partial charge is 0.330 e. The minimum atomic E-state index is -0.929. The first-order valence-electron chi connectivity index (χ1n) is 3.71. The van der Waals surface area contributed by atoms with E-state index in [-0.39, 0.29) is 5.57 Å².